The van der Waals surface area contributed by atoms with Gasteiger partial charge >= 0.3 is 0 Å². The van der Waals surface area contributed by atoms with Crippen LogP contribution in [-0.2, 0) is 4.79 Å². The van der Waals surface area contributed by atoms with Crippen molar-refractivity contribution in [2.75, 3.05) is 27.9 Å². The molecule has 0 aliphatic carbocycles. The van der Waals surface area contributed by atoms with Crippen LogP contribution in [0.2, 0.25) is 5.02 Å². The van der Waals surface area contributed by atoms with Crippen molar-refractivity contribution in [3.05, 3.63) is 75.4 Å². The maximum atomic E-state index is 12.7. The molecule has 2 aliphatic rings. The van der Waals surface area contributed by atoms with Crippen LogP contribution in [0.4, 0.5) is 17.1 Å². The Labute approximate surface area is 203 Å². The lowest BCUT2D eigenvalue weighted by Gasteiger charge is -2.33. The number of amidine groups is 1. The molecule has 1 fully saturated rings. The lowest BCUT2D eigenvalue weighted by molar-refractivity contribution is -0.111. The Morgan fingerprint density at radius 2 is 1.76 bits per heavy atom. The van der Waals surface area contributed by atoms with Gasteiger partial charge in [0.25, 0.3) is 0 Å². The Morgan fingerprint density at radius 1 is 1.03 bits per heavy atom. The number of aryl methyl sites for hydroxylation is 1. The summed E-state index contributed by atoms with van der Waals surface area (Å²) in [4.78, 5) is 18.2. The molecule has 0 bridgehead atoms. The molecular formula is C26H27ClN4OS. The highest BCUT2D eigenvalue weighted by Gasteiger charge is 2.40. The van der Waals surface area contributed by atoms with Gasteiger partial charge in [0.2, 0.25) is 0 Å². The minimum absolute atomic E-state index is 0.0811. The molecule has 0 N–H and O–H groups in total. The number of nitrogens with zero attached hydrogens (tertiary/aromatic N) is 4. The Balaban J connectivity index is 1.58. The fraction of sp³-hybridized carbons (Fsp3) is 0.308. The first-order valence-corrected chi connectivity index (χ1v) is 12.6. The second-order valence-corrected chi connectivity index (χ2v) is 9.99. The predicted molar refractivity (Wildman–Crippen MR) is 139 cm³/mol. The molecule has 0 amide bonds. The van der Waals surface area contributed by atoms with Gasteiger partial charge in [-0.3, -0.25) is 9.69 Å². The van der Waals surface area contributed by atoms with Crippen LogP contribution in [0.15, 0.2) is 65.1 Å². The topological polar surface area (TPSA) is 39.2 Å². The summed E-state index contributed by atoms with van der Waals surface area (Å²) in [5.41, 5.74) is 4.04. The second-order valence-electron chi connectivity index (χ2n) is 8.60. The molecule has 2 aliphatic heterocycles. The monoisotopic (exact) mass is 478 g/mol. The lowest BCUT2D eigenvalue weighted by Crippen LogP contribution is -2.37. The van der Waals surface area contributed by atoms with Gasteiger partial charge in [-0.1, -0.05) is 35.4 Å². The molecule has 1 saturated heterocycles. The highest BCUT2D eigenvalue weighted by Crippen LogP contribution is 2.42. The van der Waals surface area contributed by atoms with E-state index in [1.807, 2.05) is 34.2 Å². The number of Topliss-reactive ketones (excluding diaryl/α,β-unsaturated/α-hetero) is 1. The summed E-state index contributed by atoms with van der Waals surface area (Å²) < 4.78 is 0. The summed E-state index contributed by atoms with van der Waals surface area (Å²) in [5, 5.41) is 9.50. The number of piperidine rings is 1. The zero-order chi connectivity index (χ0) is 22.9. The van der Waals surface area contributed by atoms with Gasteiger partial charge in [0.05, 0.1) is 16.4 Å². The van der Waals surface area contributed by atoms with Crippen molar-refractivity contribution in [2.24, 2.45) is 5.10 Å². The van der Waals surface area contributed by atoms with Crippen LogP contribution in [0.3, 0.4) is 0 Å². The van der Waals surface area contributed by atoms with E-state index in [0.29, 0.717) is 10.9 Å². The lowest BCUT2D eigenvalue weighted by atomic mass is 10.1. The number of hydrogen-bond donors (Lipinski definition) is 0. The van der Waals surface area contributed by atoms with Crippen molar-refractivity contribution >= 4 is 51.6 Å². The van der Waals surface area contributed by atoms with Gasteiger partial charge in [-0.25, -0.2) is 5.01 Å². The van der Waals surface area contributed by atoms with Gasteiger partial charge < -0.3 is 4.90 Å². The SMILES string of the molecule is CC(=O)C1=NN(c2ccc(C)cc2)[C@@H](c2cccs2)N1c1ccc(N2CCCCC2)c(Cl)c1. The van der Waals surface area contributed by atoms with E-state index in [1.54, 1.807) is 18.3 Å². The number of carbonyl (C=O) groups excluding carboxylic acids is 1. The Bertz CT molecular complexity index is 1170. The number of halogens is 1. The average Bonchev–Trinajstić information content (AvgIpc) is 3.48. The summed E-state index contributed by atoms with van der Waals surface area (Å²) in [6, 6.07) is 18.5. The largest absolute Gasteiger partial charge is 0.370 e. The molecule has 3 heterocycles. The van der Waals surface area contributed by atoms with Crippen molar-refractivity contribution in [3.8, 4) is 0 Å². The number of carbonyl (C=O) groups is 1. The molecule has 0 radical (unpaired) electrons. The van der Waals surface area contributed by atoms with Gasteiger partial charge in [-0.2, -0.15) is 0 Å². The minimum atomic E-state index is -0.261. The number of ketones is 1. The van der Waals surface area contributed by atoms with E-state index < -0.39 is 0 Å². The summed E-state index contributed by atoms with van der Waals surface area (Å²) in [6.07, 6.45) is 3.40. The number of anilines is 3. The van der Waals surface area contributed by atoms with E-state index in [1.165, 1.54) is 24.8 Å². The maximum Gasteiger partial charge on any atom is 0.198 e. The van der Waals surface area contributed by atoms with Crippen molar-refractivity contribution < 1.29 is 4.79 Å². The van der Waals surface area contributed by atoms with Gasteiger partial charge in [0.15, 0.2) is 17.8 Å². The highest BCUT2D eigenvalue weighted by molar-refractivity contribution is 7.10. The second kappa shape index (κ2) is 9.20. The van der Waals surface area contributed by atoms with E-state index in [0.717, 1.165) is 35.0 Å². The van der Waals surface area contributed by atoms with Gasteiger partial charge in [0.1, 0.15) is 0 Å². The Kier molecular flexibility index (Phi) is 6.13. The number of rotatable bonds is 5. The van der Waals surface area contributed by atoms with Crippen molar-refractivity contribution in [2.45, 2.75) is 39.3 Å². The van der Waals surface area contributed by atoms with Crippen molar-refractivity contribution in [3.63, 3.8) is 0 Å². The summed E-state index contributed by atoms with van der Waals surface area (Å²) in [6.45, 7) is 5.69. The van der Waals surface area contributed by atoms with Gasteiger partial charge in [0, 0.05) is 30.6 Å². The van der Waals surface area contributed by atoms with E-state index in [4.69, 9.17) is 16.7 Å². The Morgan fingerprint density at radius 3 is 2.39 bits per heavy atom. The van der Waals surface area contributed by atoms with Gasteiger partial charge in [-0.05, 0) is 68.0 Å². The molecule has 2 aromatic carbocycles. The molecule has 5 nitrogen and oxygen atoms in total. The summed E-state index contributed by atoms with van der Waals surface area (Å²) >= 11 is 8.46. The van der Waals surface area contributed by atoms with E-state index >= 15 is 0 Å². The van der Waals surface area contributed by atoms with Crippen LogP contribution < -0.4 is 14.8 Å². The quantitative estimate of drug-likeness (QED) is 0.412. The molecule has 7 heteroatoms. The first-order chi connectivity index (χ1) is 16.0. The van der Waals surface area contributed by atoms with Gasteiger partial charge in [-0.15, -0.1) is 16.4 Å². The van der Waals surface area contributed by atoms with Crippen LogP contribution in [-0.4, -0.2) is 24.7 Å². The molecule has 0 saturated carbocycles. The Hall–Kier alpha value is -2.83. The normalized spacial score (nSPS) is 18.6. The summed E-state index contributed by atoms with van der Waals surface area (Å²) in [5.74, 6) is 0.332. The first kappa shape index (κ1) is 22.0. The molecular weight excluding hydrogens is 452 g/mol. The maximum absolute atomic E-state index is 12.7. The first-order valence-electron chi connectivity index (χ1n) is 11.4. The standard InChI is InChI=1S/C26H27ClN4OS/c1-18-8-10-20(11-9-18)31-26(24-7-6-16-33-24)30(25(28-31)19(2)32)21-12-13-23(22(27)17-21)29-14-4-3-5-15-29/h6-13,16-17,26H,3-5,14-15H2,1-2H3/t26-/m0/s1. The smallest absolute Gasteiger partial charge is 0.198 e. The molecule has 1 aromatic heterocycles. The van der Waals surface area contributed by atoms with E-state index in [-0.39, 0.29) is 11.9 Å². The van der Waals surface area contributed by atoms with Crippen LogP contribution in [0.25, 0.3) is 0 Å². The zero-order valence-corrected chi connectivity index (χ0v) is 20.4. The third-order valence-corrected chi connectivity index (χ3v) is 7.44. The van der Waals surface area contributed by atoms with Crippen LogP contribution in [0.5, 0.6) is 0 Å². The zero-order valence-electron chi connectivity index (χ0n) is 18.9. The molecule has 3 aromatic rings. The number of hydrogen-bond acceptors (Lipinski definition) is 6. The molecule has 1 atom stereocenters. The molecule has 0 spiro atoms. The number of hydrazone groups is 1. The number of thiophene rings is 1. The highest BCUT2D eigenvalue weighted by atomic mass is 35.5. The molecule has 170 valence electrons. The predicted octanol–water partition coefficient (Wildman–Crippen LogP) is 6.63. The molecule has 33 heavy (non-hydrogen) atoms. The van der Waals surface area contributed by atoms with Crippen molar-refractivity contribution in [1.82, 2.24) is 0 Å². The van der Waals surface area contributed by atoms with E-state index in [9.17, 15) is 4.79 Å². The number of benzene rings is 2. The van der Waals surface area contributed by atoms with Crippen molar-refractivity contribution in [1.29, 1.82) is 0 Å². The minimum Gasteiger partial charge on any atom is -0.370 e. The van der Waals surface area contributed by atoms with Crippen LogP contribution >= 0.6 is 22.9 Å². The van der Waals surface area contributed by atoms with Crippen LogP contribution in [0, 0.1) is 6.92 Å². The third kappa shape index (κ3) is 4.25. The summed E-state index contributed by atoms with van der Waals surface area (Å²) in [7, 11) is 0. The fourth-order valence-electron chi connectivity index (χ4n) is 4.55. The third-order valence-electron chi connectivity index (χ3n) is 6.22. The van der Waals surface area contributed by atoms with Crippen LogP contribution in [0.1, 0.15) is 42.8 Å². The van der Waals surface area contributed by atoms with E-state index in [2.05, 4.69) is 47.5 Å². The molecule has 5 rings (SSSR count). The average molecular weight is 479 g/mol. The fourth-order valence-corrected chi connectivity index (χ4v) is 5.65. The molecule has 0 unspecified atom stereocenters.